The van der Waals surface area contributed by atoms with E-state index in [1.54, 1.807) is 37.3 Å². The molecule has 0 saturated heterocycles. The number of sulfonamides is 1. The van der Waals surface area contributed by atoms with Gasteiger partial charge in [0, 0.05) is 24.2 Å². The number of hydrogen-bond donors (Lipinski definition) is 1. The van der Waals surface area contributed by atoms with Gasteiger partial charge in [0.25, 0.3) is 10.0 Å². The van der Waals surface area contributed by atoms with Gasteiger partial charge in [-0.2, -0.15) is 0 Å². The number of oxazole rings is 1. The zero-order chi connectivity index (χ0) is 19.0. The number of anilines is 1. The van der Waals surface area contributed by atoms with E-state index >= 15 is 0 Å². The van der Waals surface area contributed by atoms with Crippen molar-refractivity contribution in [1.82, 2.24) is 4.98 Å². The van der Waals surface area contributed by atoms with Crippen LogP contribution in [0.25, 0.3) is 11.3 Å². The average molecular weight is 386 g/mol. The van der Waals surface area contributed by atoms with Crippen LogP contribution in [0.15, 0.2) is 51.8 Å². The molecule has 1 N–H and O–H groups in total. The van der Waals surface area contributed by atoms with Crippen LogP contribution in [0.3, 0.4) is 0 Å². The molecule has 8 heteroatoms. The Morgan fingerprint density at radius 2 is 1.67 bits per heavy atom. The molecule has 3 aromatic rings. The summed E-state index contributed by atoms with van der Waals surface area (Å²) in [5.41, 5.74) is 2.05. The van der Waals surface area contributed by atoms with Gasteiger partial charge in [0.05, 0.1) is 4.90 Å². The second-order valence-electron chi connectivity index (χ2n) is 6.13. The Kier molecular flexibility index (Phi) is 4.27. The Morgan fingerprint density at radius 3 is 2.33 bits per heavy atom. The lowest BCUT2D eigenvalue weighted by Crippen LogP contribution is -2.17. The van der Waals surface area contributed by atoms with Crippen LogP contribution in [-0.2, 0) is 10.0 Å². The third-order valence-corrected chi connectivity index (χ3v) is 5.52. The first kappa shape index (κ1) is 17.4. The summed E-state index contributed by atoms with van der Waals surface area (Å²) in [5.74, 6) is 2.28. The monoisotopic (exact) mass is 386 g/mol. The van der Waals surface area contributed by atoms with Gasteiger partial charge < -0.3 is 13.9 Å². The summed E-state index contributed by atoms with van der Waals surface area (Å²) in [5, 5.41) is 0. The van der Waals surface area contributed by atoms with Crippen LogP contribution >= 0.6 is 0 Å². The highest BCUT2D eigenvalue weighted by molar-refractivity contribution is 7.92. The standard InChI is InChI=1S/C19H18N2O5S/c1-12-19(20-13(2)26-12)14-3-5-15(6-4-14)21-27(22,23)16-7-8-17-18(11-16)25-10-9-24-17/h3-8,11,21H,9-10H2,1-2H3. The third kappa shape index (κ3) is 3.48. The molecule has 27 heavy (non-hydrogen) atoms. The maximum atomic E-state index is 12.7. The first-order valence-corrected chi connectivity index (χ1v) is 9.88. The molecule has 2 aromatic carbocycles. The minimum Gasteiger partial charge on any atom is -0.486 e. The van der Waals surface area contributed by atoms with Crippen molar-refractivity contribution >= 4 is 15.7 Å². The van der Waals surface area contributed by atoms with Crippen molar-refractivity contribution in [1.29, 1.82) is 0 Å². The van der Waals surface area contributed by atoms with Crippen LogP contribution in [0.4, 0.5) is 5.69 Å². The van der Waals surface area contributed by atoms with Crippen molar-refractivity contribution in [3.05, 3.63) is 54.1 Å². The molecule has 1 aromatic heterocycles. The molecule has 7 nitrogen and oxygen atoms in total. The minimum absolute atomic E-state index is 0.110. The van der Waals surface area contributed by atoms with E-state index in [0.717, 1.165) is 17.0 Å². The second kappa shape index (κ2) is 6.62. The molecule has 0 unspecified atom stereocenters. The van der Waals surface area contributed by atoms with Gasteiger partial charge >= 0.3 is 0 Å². The van der Waals surface area contributed by atoms with Gasteiger partial charge in [0.1, 0.15) is 24.7 Å². The number of rotatable bonds is 4. The molecular weight excluding hydrogens is 368 g/mol. The molecule has 0 amide bonds. The number of ether oxygens (including phenoxy) is 2. The molecule has 0 aliphatic carbocycles. The van der Waals surface area contributed by atoms with Gasteiger partial charge in [-0.1, -0.05) is 12.1 Å². The fourth-order valence-corrected chi connectivity index (χ4v) is 3.97. The van der Waals surface area contributed by atoms with E-state index in [1.807, 2.05) is 6.92 Å². The van der Waals surface area contributed by atoms with E-state index in [-0.39, 0.29) is 4.90 Å². The first-order valence-electron chi connectivity index (χ1n) is 8.39. The van der Waals surface area contributed by atoms with E-state index in [0.29, 0.717) is 36.3 Å². The zero-order valence-electron chi connectivity index (χ0n) is 14.9. The first-order chi connectivity index (χ1) is 12.9. The molecule has 1 aliphatic rings. The zero-order valence-corrected chi connectivity index (χ0v) is 15.7. The Hall–Kier alpha value is -3.00. The predicted octanol–water partition coefficient (Wildman–Crippen LogP) is 3.53. The molecule has 0 saturated carbocycles. The number of fused-ring (bicyclic) bond motifs is 1. The third-order valence-electron chi connectivity index (χ3n) is 4.14. The molecule has 0 atom stereocenters. The maximum Gasteiger partial charge on any atom is 0.262 e. The fourth-order valence-electron chi connectivity index (χ4n) is 2.90. The van der Waals surface area contributed by atoms with E-state index < -0.39 is 10.0 Å². The summed E-state index contributed by atoms with van der Waals surface area (Å²) in [6, 6.07) is 11.5. The molecule has 0 radical (unpaired) electrons. The average Bonchev–Trinajstić information content (AvgIpc) is 3.00. The summed E-state index contributed by atoms with van der Waals surface area (Å²) in [4.78, 5) is 4.45. The van der Waals surface area contributed by atoms with E-state index in [4.69, 9.17) is 13.9 Å². The molecule has 4 rings (SSSR count). The smallest absolute Gasteiger partial charge is 0.262 e. The van der Waals surface area contributed by atoms with Crippen molar-refractivity contribution in [3.63, 3.8) is 0 Å². The van der Waals surface area contributed by atoms with Gasteiger partial charge in [-0.05, 0) is 31.2 Å². The highest BCUT2D eigenvalue weighted by Gasteiger charge is 2.19. The van der Waals surface area contributed by atoms with E-state index in [9.17, 15) is 8.42 Å². The Morgan fingerprint density at radius 1 is 0.963 bits per heavy atom. The molecule has 0 fully saturated rings. The number of benzene rings is 2. The maximum absolute atomic E-state index is 12.7. The Bertz CT molecular complexity index is 1090. The molecule has 2 heterocycles. The lowest BCUT2D eigenvalue weighted by Gasteiger charge is -2.19. The number of hydrogen-bond acceptors (Lipinski definition) is 6. The van der Waals surface area contributed by atoms with Crippen LogP contribution in [0.5, 0.6) is 11.5 Å². The predicted molar refractivity (Wildman–Crippen MR) is 99.7 cm³/mol. The van der Waals surface area contributed by atoms with Crippen LogP contribution in [-0.4, -0.2) is 26.6 Å². The van der Waals surface area contributed by atoms with Crippen molar-refractivity contribution < 1.29 is 22.3 Å². The van der Waals surface area contributed by atoms with Crippen LogP contribution in [0, 0.1) is 13.8 Å². The van der Waals surface area contributed by atoms with Crippen LogP contribution in [0.1, 0.15) is 11.7 Å². The Balaban J connectivity index is 1.57. The van der Waals surface area contributed by atoms with Gasteiger partial charge in [-0.25, -0.2) is 13.4 Å². The van der Waals surface area contributed by atoms with Gasteiger partial charge in [-0.3, -0.25) is 4.72 Å². The fraction of sp³-hybridized carbons (Fsp3) is 0.211. The number of aryl methyl sites for hydroxylation is 2. The number of nitrogens with zero attached hydrogens (tertiary/aromatic N) is 1. The lowest BCUT2D eigenvalue weighted by molar-refractivity contribution is 0.171. The quantitative estimate of drug-likeness (QED) is 0.738. The Labute approximate surface area is 157 Å². The highest BCUT2D eigenvalue weighted by atomic mass is 32.2. The van der Waals surface area contributed by atoms with Gasteiger partial charge in [-0.15, -0.1) is 0 Å². The number of aromatic nitrogens is 1. The highest BCUT2D eigenvalue weighted by Crippen LogP contribution is 2.33. The molecule has 0 spiro atoms. The van der Waals surface area contributed by atoms with Crippen LogP contribution < -0.4 is 14.2 Å². The van der Waals surface area contributed by atoms with Crippen molar-refractivity contribution in [3.8, 4) is 22.8 Å². The summed E-state index contributed by atoms with van der Waals surface area (Å²) < 4.78 is 44.2. The van der Waals surface area contributed by atoms with Gasteiger partial charge in [0.15, 0.2) is 17.4 Å². The van der Waals surface area contributed by atoms with E-state index in [2.05, 4.69) is 9.71 Å². The summed E-state index contributed by atoms with van der Waals surface area (Å²) in [6.07, 6.45) is 0. The summed E-state index contributed by atoms with van der Waals surface area (Å²) in [6.45, 7) is 4.47. The molecule has 1 aliphatic heterocycles. The number of nitrogens with one attached hydrogen (secondary N) is 1. The second-order valence-corrected chi connectivity index (χ2v) is 7.81. The van der Waals surface area contributed by atoms with Gasteiger partial charge in [0.2, 0.25) is 0 Å². The minimum atomic E-state index is -3.75. The van der Waals surface area contributed by atoms with Crippen molar-refractivity contribution in [2.24, 2.45) is 0 Å². The van der Waals surface area contributed by atoms with E-state index in [1.165, 1.54) is 12.1 Å². The molecular formula is C19H18N2O5S. The summed E-state index contributed by atoms with van der Waals surface area (Å²) in [7, 11) is -3.75. The molecule has 140 valence electrons. The molecule has 0 bridgehead atoms. The van der Waals surface area contributed by atoms with Crippen LogP contribution in [0.2, 0.25) is 0 Å². The topological polar surface area (TPSA) is 90.7 Å². The largest absolute Gasteiger partial charge is 0.486 e. The lowest BCUT2D eigenvalue weighted by atomic mass is 10.1. The van der Waals surface area contributed by atoms with Crippen molar-refractivity contribution in [2.75, 3.05) is 17.9 Å². The van der Waals surface area contributed by atoms with Crippen molar-refractivity contribution in [2.45, 2.75) is 18.7 Å². The normalized spacial score (nSPS) is 13.4. The summed E-state index contributed by atoms with van der Waals surface area (Å²) >= 11 is 0. The SMILES string of the molecule is Cc1nc(-c2ccc(NS(=O)(=O)c3ccc4c(c3)OCCO4)cc2)c(C)o1.